The van der Waals surface area contributed by atoms with Crippen LogP contribution in [0.3, 0.4) is 0 Å². The Labute approximate surface area is 211 Å². The summed E-state index contributed by atoms with van der Waals surface area (Å²) in [5, 5.41) is 0. The van der Waals surface area contributed by atoms with Gasteiger partial charge < -0.3 is 14.4 Å². The van der Waals surface area contributed by atoms with Crippen molar-refractivity contribution in [1.29, 1.82) is 0 Å². The molecule has 0 aromatic heterocycles. The maximum absolute atomic E-state index is 14.0. The second-order valence-corrected chi connectivity index (χ2v) is 8.69. The van der Waals surface area contributed by atoms with Gasteiger partial charge in [0.15, 0.2) is 5.54 Å². The fraction of sp³-hybridized carbons (Fsp3) is 0.161. The standard InChI is InChI=1S/C31H28N2O3/c1-35-27-20-18-23(19-21-27)22-33-29(25-14-8-4-9-15-25)32-28(24-12-6-3-7-13-24)31(33,30(34)36-2)26-16-10-5-11-17-26/h3-21,28H,22H2,1-2H3. The topological polar surface area (TPSA) is 51.1 Å². The monoisotopic (exact) mass is 476 g/mol. The van der Waals surface area contributed by atoms with Gasteiger partial charge in [-0.3, -0.25) is 4.99 Å². The lowest BCUT2D eigenvalue weighted by Gasteiger charge is -2.41. The molecular weight excluding hydrogens is 448 g/mol. The minimum Gasteiger partial charge on any atom is -0.497 e. The maximum Gasteiger partial charge on any atom is 0.339 e. The predicted octanol–water partition coefficient (Wildman–Crippen LogP) is 5.77. The number of ether oxygens (including phenoxy) is 2. The van der Waals surface area contributed by atoms with Crippen molar-refractivity contribution in [2.45, 2.75) is 18.1 Å². The summed E-state index contributed by atoms with van der Waals surface area (Å²) in [6.45, 7) is 0.449. The lowest BCUT2D eigenvalue weighted by atomic mass is 9.78. The Bertz CT molecular complexity index is 1340. The van der Waals surface area contributed by atoms with Gasteiger partial charge in [-0.1, -0.05) is 103 Å². The fourth-order valence-corrected chi connectivity index (χ4v) is 4.98. The van der Waals surface area contributed by atoms with E-state index in [1.807, 2.05) is 115 Å². The van der Waals surface area contributed by atoms with Gasteiger partial charge in [-0.25, -0.2) is 4.79 Å². The Morgan fingerprint density at radius 1 is 0.806 bits per heavy atom. The number of hydrogen-bond acceptors (Lipinski definition) is 5. The second kappa shape index (κ2) is 10.1. The predicted molar refractivity (Wildman–Crippen MR) is 141 cm³/mol. The van der Waals surface area contributed by atoms with Crippen molar-refractivity contribution in [3.63, 3.8) is 0 Å². The van der Waals surface area contributed by atoms with E-state index in [1.165, 1.54) is 7.11 Å². The van der Waals surface area contributed by atoms with E-state index in [0.29, 0.717) is 6.54 Å². The Morgan fingerprint density at radius 3 is 1.97 bits per heavy atom. The Hall–Kier alpha value is -4.38. The molecule has 0 bridgehead atoms. The van der Waals surface area contributed by atoms with Crippen LogP contribution in [0.1, 0.15) is 28.3 Å². The van der Waals surface area contributed by atoms with Crippen LogP contribution < -0.4 is 4.74 Å². The molecule has 0 aliphatic carbocycles. The number of carbonyl (C=O) groups excluding carboxylic acids is 1. The van der Waals surface area contributed by atoms with E-state index in [-0.39, 0.29) is 5.97 Å². The Balaban J connectivity index is 1.77. The van der Waals surface area contributed by atoms with Crippen LogP contribution >= 0.6 is 0 Å². The molecule has 1 aliphatic rings. The average Bonchev–Trinajstić information content (AvgIpc) is 3.30. The number of aliphatic imine (C=N–C) groups is 1. The highest BCUT2D eigenvalue weighted by Crippen LogP contribution is 2.50. The molecular formula is C31H28N2O3. The lowest BCUT2D eigenvalue weighted by Crippen LogP contribution is -2.54. The lowest BCUT2D eigenvalue weighted by molar-refractivity contribution is -0.154. The summed E-state index contributed by atoms with van der Waals surface area (Å²) in [6.07, 6.45) is 0. The van der Waals surface area contributed by atoms with Gasteiger partial charge in [0.1, 0.15) is 17.6 Å². The minimum atomic E-state index is -1.21. The summed E-state index contributed by atoms with van der Waals surface area (Å²) >= 11 is 0. The average molecular weight is 477 g/mol. The van der Waals surface area contributed by atoms with Crippen LogP contribution in [0.15, 0.2) is 120 Å². The number of carbonyl (C=O) groups is 1. The van der Waals surface area contributed by atoms with Crippen molar-refractivity contribution >= 4 is 11.8 Å². The van der Waals surface area contributed by atoms with Crippen LogP contribution in [0.5, 0.6) is 5.75 Å². The van der Waals surface area contributed by atoms with Crippen LogP contribution in [0.2, 0.25) is 0 Å². The molecule has 4 aromatic carbocycles. The van der Waals surface area contributed by atoms with Gasteiger partial charge in [0.25, 0.3) is 0 Å². The largest absolute Gasteiger partial charge is 0.497 e. The maximum atomic E-state index is 14.0. The second-order valence-electron chi connectivity index (χ2n) is 8.69. The first kappa shape index (κ1) is 23.4. The molecule has 1 aliphatic heterocycles. The quantitative estimate of drug-likeness (QED) is 0.318. The van der Waals surface area contributed by atoms with Gasteiger partial charge in [-0.2, -0.15) is 0 Å². The number of benzene rings is 4. The van der Waals surface area contributed by atoms with Crippen LogP contribution in [0.4, 0.5) is 0 Å². The summed E-state index contributed by atoms with van der Waals surface area (Å²) in [4.78, 5) is 21.4. The third kappa shape index (κ3) is 4.03. The van der Waals surface area contributed by atoms with E-state index in [2.05, 4.69) is 4.90 Å². The third-order valence-electron chi connectivity index (χ3n) is 6.69. The summed E-state index contributed by atoms with van der Waals surface area (Å²) < 4.78 is 10.9. The molecule has 0 fully saturated rings. The first-order chi connectivity index (χ1) is 17.7. The third-order valence-corrected chi connectivity index (χ3v) is 6.69. The van der Waals surface area contributed by atoms with Gasteiger partial charge in [0, 0.05) is 12.1 Å². The number of esters is 1. The summed E-state index contributed by atoms with van der Waals surface area (Å²) in [6, 6.07) is 37.2. The van der Waals surface area contributed by atoms with Crippen LogP contribution in [0, 0.1) is 0 Å². The van der Waals surface area contributed by atoms with E-state index >= 15 is 0 Å². The molecule has 2 atom stereocenters. The molecule has 0 radical (unpaired) electrons. The normalized spacial score (nSPS) is 19.0. The van der Waals surface area contributed by atoms with Crippen LogP contribution in [0.25, 0.3) is 0 Å². The number of nitrogens with zero attached hydrogens (tertiary/aromatic N) is 2. The van der Waals surface area contributed by atoms with Crippen LogP contribution in [-0.4, -0.2) is 30.9 Å². The fourth-order valence-electron chi connectivity index (χ4n) is 4.98. The molecule has 5 heteroatoms. The zero-order chi connectivity index (χ0) is 25.0. The highest BCUT2D eigenvalue weighted by atomic mass is 16.5. The smallest absolute Gasteiger partial charge is 0.339 e. The van der Waals surface area contributed by atoms with Crippen molar-refractivity contribution in [1.82, 2.24) is 4.90 Å². The summed E-state index contributed by atoms with van der Waals surface area (Å²) in [5.41, 5.74) is 2.53. The highest BCUT2D eigenvalue weighted by Gasteiger charge is 2.58. The molecule has 0 saturated carbocycles. The molecule has 180 valence electrons. The molecule has 5 rings (SSSR count). The first-order valence-electron chi connectivity index (χ1n) is 11.9. The van der Waals surface area contributed by atoms with E-state index in [9.17, 15) is 4.79 Å². The minimum absolute atomic E-state index is 0.356. The van der Waals surface area contributed by atoms with Crippen molar-refractivity contribution in [3.05, 3.63) is 138 Å². The molecule has 0 spiro atoms. The number of hydrogen-bond donors (Lipinski definition) is 0. The first-order valence-corrected chi connectivity index (χ1v) is 11.9. The molecule has 2 unspecified atom stereocenters. The van der Waals surface area contributed by atoms with Crippen LogP contribution in [-0.2, 0) is 21.6 Å². The molecule has 1 heterocycles. The van der Waals surface area contributed by atoms with E-state index in [0.717, 1.165) is 33.8 Å². The van der Waals surface area contributed by atoms with E-state index in [1.54, 1.807) is 7.11 Å². The van der Waals surface area contributed by atoms with Crippen molar-refractivity contribution in [2.75, 3.05) is 14.2 Å². The van der Waals surface area contributed by atoms with Gasteiger partial charge in [-0.15, -0.1) is 0 Å². The molecule has 5 nitrogen and oxygen atoms in total. The van der Waals surface area contributed by atoms with Gasteiger partial charge in [0.2, 0.25) is 0 Å². The summed E-state index contributed by atoms with van der Waals surface area (Å²) in [7, 11) is 3.10. The van der Waals surface area contributed by atoms with Gasteiger partial charge in [-0.05, 0) is 28.8 Å². The SMILES string of the molecule is COC(=O)C1(c2ccccc2)C(c2ccccc2)N=C(c2ccccc2)N1Cc1ccc(OC)cc1. The molecule has 4 aromatic rings. The van der Waals surface area contributed by atoms with Crippen molar-refractivity contribution < 1.29 is 14.3 Å². The number of rotatable bonds is 7. The number of amidine groups is 1. The highest BCUT2D eigenvalue weighted by molar-refractivity contribution is 6.05. The van der Waals surface area contributed by atoms with Gasteiger partial charge >= 0.3 is 5.97 Å². The molecule has 0 saturated heterocycles. The summed E-state index contributed by atoms with van der Waals surface area (Å²) in [5.74, 6) is 1.17. The Kier molecular flexibility index (Phi) is 6.54. The van der Waals surface area contributed by atoms with E-state index in [4.69, 9.17) is 14.5 Å². The molecule has 36 heavy (non-hydrogen) atoms. The van der Waals surface area contributed by atoms with Crippen molar-refractivity contribution in [2.24, 2.45) is 4.99 Å². The Morgan fingerprint density at radius 2 is 1.39 bits per heavy atom. The molecule has 0 N–H and O–H groups in total. The van der Waals surface area contributed by atoms with Crippen molar-refractivity contribution in [3.8, 4) is 5.75 Å². The van der Waals surface area contributed by atoms with E-state index < -0.39 is 11.6 Å². The van der Waals surface area contributed by atoms with Gasteiger partial charge in [0.05, 0.1) is 14.2 Å². The zero-order valence-electron chi connectivity index (χ0n) is 20.4. The molecule has 0 amide bonds. The zero-order valence-corrected chi connectivity index (χ0v) is 20.4. The number of methoxy groups -OCH3 is 2.